The second kappa shape index (κ2) is 6.73. The molecule has 4 saturated carbocycles. The second-order valence-corrected chi connectivity index (χ2v) is 11.0. The van der Waals surface area contributed by atoms with Gasteiger partial charge in [-0.25, -0.2) is 4.68 Å². The SMILES string of the molecule is O=C(NC12CC3CC(CC(C3)C1)C2)c1cc2n(n1)[C@@H](C(F)(F)F)C[C@@H](c1cccs1)N2. The number of carbonyl (C=O) groups excluding carboxylic acids is 1. The normalized spacial score (nSPS) is 36.2. The Bertz CT molecular complexity index is 964. The predicted molar refractivity (Wildman–Crippen MR) is 111 cm³/mol. The average Bonchev–Trinajstić information content (AvgIpc) is 3.34. The number of hydrogen-bond donors (Lipinski definition) is 2. The van der Waals surface area contributed by atoms with Crippen LogP contribution in [0.3, 0.4) is 0 Å². The Kier molecular flexibility index (Phi) is 4.27. The fourth-order valence-corrected chi connectivity index (χ4v) is 7.72. The number of thiophene rings is 1. The van der Waals surface area contributed by atoms with E-state index in [-0.39, 0.29) is 29.4 Å². The molecule has 31 heavy (non-hydrogen) atoms. The molecule has 0 unspecified atom stereocenters. The minimum atomic E-state index is -4.44. The van der Waals surface area contributed by atoms with E-state index in [9.17, 15) is 18.0 Å². The van der Waals surface area contributed by atoms with E-state index in [2.05, 4.69) is 15.7 Å². The van der Waals surface area contributed by atoms with Gasteiger partial charge in [-0.15, -0.1) is 11.3 Å². The molecule has 0 spiro atoms. The lowest BCUT2D eigenvalue weighted by atomic mass is 9.53. The molecule has 0 aromatic carbocycles. The number of amides is 1. The maximum Gasteiger partial charge on any atom is 0.410 e. The summed E-state index contributed by atoms with van der Waals surface area (Å²) in [6.45, 7) is 0. The van der Waals surface area contributed by atoms with Crippen LogP contribution in [0.5, 0.6) is 0 Å². The van der Waals surface area contributed by atoms with Crippen LogP contribution in [-0.2, 0) is 0 Å². The highest BCUT2D eigenvalue weighted by Gasteiger charge is 2.52. The zero-order valence-electron chi connectivity index (χ0n) is 17.0. The van der Waals surface area contributed by atoms with Crippen LogP contribution in [-0.4, -0.2) is 27.4 Å². The number of nitrogens with zero attached hydrogens (tertiary/aromatic N) is 2. The summed E-state index contributed by atoms with van der Waals surface area (Å²) in [6.07, 6.45) is 2.16. The van der Waals surface area contributed by atoms with Crippen molar-refractivity contribution in [1.82, 2.24) is 15.1 Å². The van der Waals surface area contributed by atoms with Crippen LogP contribution in [0, 0.1) is 17.8 Å². The van der Waals surface area contributed by atoms with E-state index in [1.54, 1.807) is 0 Å². The number of fused-ring (bicyclic) bond motifs is 1. The molecule has 9 heteroatoms. The summed E-state index contributed by atoms with van der Waals surface area (Å²) in [7, 11) is 0. The van der Waals surface area contributed by atoms with E-state index in [1.807, 2.05) is 17.5 Å². The molecule has 0 saturated heterocycles. The molecule has 2 N–H and O–H groups in total. The summed E-state index contributed by atoms with van der Waals surface area (Å²) in [5.41, 5.74) is -0.133. The van der Waals surface area contributed by atoms with Crippen molar-refractivity contribution in [3.8, 4) is 0 Å². The van der Waals surface area contributed by atoms with E-state index >= 15 is 0 Å². The fourth-order valence-electron chi connectivity index (χ4n) is 6.93. The summed E-state index contributed by atoms with van der Waals surface area (Å²) in [4.78, 5) is 14.0. The van der Waals surface area contributed by atoms with Crippen molar-refractivity contribution in [1.29, 1.82) is 0 Å². The number of carbonyl (C=O) groups is 1. The van der Waals surface area contributed by atoms with Crippen molar-refractivity contribution >= 4 is 23.1 Å². The molecule has 4 aliphatic carbocycles. The van der Waals surface area contributed by atoms with Crippen LogP contribution < -0.4 is 10.6 Å². The number of halogens is 3. The third-order valence-electron chi connectivity index (χ3n) is 7.73. The van der Waals surface area contributed by atoms with Crippen molar-refractivity contribution < 1.29 is 18.0 Å². The fraction of sp³-hybridized carbons (Fsp3) is 0.636. The topological polar surface area (TPSA) is 59.0 Å². The van der Waals surface area contributed by atoms with E-state index in [1.165, 1.54) is 36.7 Å². The van der Waals surface area contributed by atoms with Crippen LogP contribution in [0.1, 0.15) is 72.4 Å². The molecular weight excluding hydrogens is 425 g/mol. The first kappa shape index (κ1) is 19.6. The number of nitrogens with one attached hydrogen (secondary N) is 2. The Morgan fingerprint density at radius 2 is 1.84 bits per heavy atom. The Balaban J connectivity index is 1.27. The first-order chi connectivity index (χ1) is 14.8. The van der Waals surface area contributed by atoms with Crippen LogP contribution in [0.15, 0.2) is 23.6 Å². The van der Waals surface area contributed by atoms with Gasteiger partial charge in [0.15, 0.2) is 11.7 Å². The smallest absolute Gasteiger partial charge is 0.363 e. The maximum atomic E-state index is 13.8. The lowest BCUT2D eigenvalue weighted by Crippen LogP contribution is -2.59. The molecule has 3 heterocycles. The molecule has 5 aliphatic rings. The van der Waals surface area contributed by atoms with E-state index < -0.39 is 18.3 Å². The quantitative estimate of drug-likeness (QED) is 0.667. The van der Waals surface area contributed by atoms with Gasteiger partial charge in [0.05, 0.1) is 6.04 Å². The van der Waals surface area contributed by atoms with Crippen LogP contribution >= 0.6 is 11.3 Å². The highest BCUT2D eigenvalue weighted by Crippen LogP contribution is 2.55. The molecule has 2 aromatic rings. The molecule has 5 nitrogen and oxygen atoms in total. The molecular formula is C22H25F3N4OS. The molecule has 2 atom stereocenters. The lowest BCUT2D eigenvalue weighted by Gasteiger charge is -2.56. The number of aromatic nitrogens is 2. The number of hydrogen-bond acceptors (Lipinski definition) is 4. The third-order valence-corrected chi connectivity index (χ3v) is 8.71. The number of rotatable bonds is 3. The molecule has 4 fully saturated rings. The summed E-state index contributed by atoms with van der Waals surface area (Å²) < 4.78 is 42.5. The molecule has 4 bridgehead atoms. The lowest BCUT2D eigenvalue weighted by molar-refractivity contribution is -0.173. The van der Waals surface area contributed by atoms with Crippen LogP contribution in [0.25, 0.3) is 0 Å². The van der Waals surface area contributed by atoms with Gasteiger partial charge in [-0.3, -0.25) is 4.79 Å². The summed E-state index contributed by atoms with van der Waals surface area (Å²) in [6, 6.07) is 2.95. The predicted octanol–water partition coefficient (Wildman–Crippen LogP) is 5.30. The minimum absolute atomic E-state index is 0.0688. The Morgan fingerprint density at radius 1 is 1.16 bits per heavy atom. The first-order valence-electron chi connectivity index (χ1n) is 11.1. The summed E-state index contributed by atoms with van der Waals surface area (Å²) in [5, 5.41) is 12.4. The Hall–Kier alpha value is -2.03. The van der Waals surface area contributed by atoms with Crippen LogP contribution in [0.4, 0.5) is 19.0 Å². The molecule has 7 rings (SSSR count). The van der Waals surface area contributed by atoms with Gasteiger partial charge in [0, 0.05) is 22.9 Å². The standard InChI is InChI=1S/C22H25F3N4OS/c23-22(24,25)18-7-15(17-2-1-3-31-17)26-19-8-16(28-29(18)19)20(30)27-21-9-12-4-13(10-21)6-14(5-12)11-21/h1-3,8,12-15,18,26H,4-7,9-11H2,(H,27,30)/t12?,13?,14?,15-,18+,21?/m0/s1. The van der Waals surface area contributed by atoms with E-state index in [0.717, 1.165) is 28.8 Å². The largest absolute Gasteiger partial charge is 0.410 e. The summed E-state index contributed by atoms with van der Waals surface area (Å²) >= 11 is 1.43. The van der Waals surface area contributed by atoms with E-state index in [4.69, 9.17) is 0 Å². The molecule has 166 valence electrons. The van der Waals surface area contributed by atoms with Gasteiger partial charge in [-0.05, 0) is 67.7 Å². The molecule has 1 aliphatic heterocycles. The number of anilines is 1. The zero-order valence-corrected chi connectivity index (χ0v) is 17.8. The second-order valence-electron chi connectivity index (χ2n) is 10.0. The Morgan fingerprint density at radius 3 is 2.42 bits per heavy atom. The van der Waals surface area contributed by atoms with Crippen molar-refractivity contribution in [2.45, 2.75) is 68.7 Å². The van der Waals surface area contributed by atoms with Crippen LogP contribution in [0.2, 0.25) is 0 Å². The van der Waals surface area contributed by atoms with E-state index in [0.29, 0.717) is 17.8 Å². The van der Waals surface area contributed by atoms with Gasteiger partial charge < -0.3 is 10.6 Å². The van der Waals surface area contributed by atoms with Crippen molar-refractivity contribution in [3.05, 3.63) is 34.2 Å². The van der Waals surface area contributed by atoms with Crippen molar-refractivity contribution in [2.75, 3.05) is 5.32 Å². The molecule has 2 aromatic heterocycles. The van der Waals surface area contributed by atoms with Crippen molar-refractivity contribution in [3.63, 3.8) is 0 Å². The third kappa shape index (κ3) is 3.36. The van der Waals surface area contributed by atoms with Gasteiger partial charge >= 0.3 is 6.18 Å². The van der Waals surface area contributed by atoms with Gasteiger partial charge in [-0.2, -0.15) is 18.3 Å². The minimum Gasteiger partial charge on any atom is -0.363 e. The highest BCUT2D eigenvalue weighted by atomic mass is 32.1. The van der Waals surface area contributed by atoms with Gasteiger partial charge in [0.25, 0.3) is 5.91 Å². The maximum absolute atomic E-state index is 13.8. The monoisotopic (exact) mass is 450 g/mol. The van der Waals surface area contributed by atoms with Gasteiger partial charge in [-0.1, -0.05) is 6.07 Å². The highest BCUT2D eigenvalue weighted by molar-refractivity contribution is 7.10. The average molecular weight is 451 g/mol. The zero-order chi connectivity index (χ0) is 21.4. The number of alkyl halides is 3. The van der Waals surface area contributed by atoms with Gasteiger partial charge in [0.1, 0.15) is 5.82 Å². The first-order valence-corrected chi connectivity index (χ1v) is 11.9. The summed E-state index contributed by atoms with van der Waals surface area (Å²) in [5.74, 6) is 1.92. The van der Waals surface area contributed by atoms with Crippen molar-refractivity contribution in [2.24, 2.45) is 17.8 Å². The Labute approximate surface area is 182 Å². The molecule has 1 amide bonds. The molecule has 0 radical (unpaired) electrons. The van der Waals surface area contributed by atoms with Gasteiger partial charge in [0.2, 0.25) is 0 Å².